The Morgan fingerprint density at radius 2 is 2.31 bits per heavy atom. The fourth-order valence-corrected chi connectivity index (χ4v) is 2.52. The molecule has 0 saturated carbocycles. The van der Waals surface area contributed by atoms with E-state index in [1.54, 1.807) is 6.20 Å². The zero-order chi connectivity index (χ0) is 11.4. The maximum Gasteiger partial charge on any atom is 0.227 e. The van der Waals surface area contributed by atoms with Crippen LogP contribution in [0.15, 0.2) is 17.0 Å². The zero-order valence-electron chi connectivity index (χ0n) is 8.77. The number of carbonyl (C=O) groups is 1. The minimum atomic E-state index is -0.00968. The standard InChI is InChI=1S/C10H11N3OS2/c1-7-6-16-9(13-7)4-8(14)12-5-10-11-2-3-15-10/h2-3,6H,4-5H2,1H3,(H,12,14). The van der Waals surface area contributed by atoms with E-state index in [1.165, 1.54) is 22.7 Å². The minimum absolute atomic E-state index is 0.00968. The highest BCUT2D eigenvalue weighted by atomic mass is 32.1. The number of hydrogen-bond acceptors (Lipinski definition) is 5. The highest BCUT2D eigenvalue weighted by molar-refractivity contribution is 7.10. The van der Waals surface area contributed by atoms with Gasteiger partial charge in [0, 0.05) is 22.7 Å². The Hall–Kier alpha value is -1.27. The highest BCUT2D eigenvalue weighted by Gasteiger charge is 2.06. The van der Waals surface area contributed by atoms with Crippen LogP contribution >= 0.6 is 22.7 Å². The molecule has 16 heavy (non-hydrogen) atoms. The number of aromatic nitrogens is 2. The van der Waals surface area contributed by atoms with Crippen molar-refractivity contribution in [3.63, 3.8) is 0 Å². The van der Waals surface area contributed by atoms with Crippen LogP contribution in [-0.2, 0) is 17.8 Å². The number of carbonyl (C=O) groups excluding carboxylic acids is 1. The summed E-state index contributed by atoms with van der Waals surface area (Å²) in [4.78, 5) is 19.9. The van der Waals surface area contributed by atoms with Crippen LogP contribution in [0.3, 0.4) is 0 Å². The van der Waals surface area contributed by atoms with Crippen LogP contribution < -0.4 is 5.32 Å². The fraction of sp³-hybridized carbons (Fsp3) is 0.300. The van der Waals surface area contributed by atoms with Crippen molar-refractivity contribution in [3.05, 3.63) is 32.7 Å². The maximum atomic E-state index is 11.5. The van der Waals surface area contributed by atoms with Crippen LogP contribution in [-0.4, -0.2) is 15.9 Å². The lowest BCUT2D eigenvalue weighted by Gasteiger charge is -2.00. The second kappa shape index (κ2) is 5.18. The first kappa shape index (κ1) is 11.2. The predicted molar refractivity (Wildman–Crippen MR) is 64.5 cm³/mol. The molecular formula is C10H11N3OS2. The summed E-state index contributed by atoms with van der Waals surface area (Å²) in [6.07, 6.45) is 2.08. The van der Waals surface area contributed by atoms with E-state index < -0.39 is 0 Å². The Labute approximate surface area is 101 Å². The summed E-state index contributed by atoms with van der Waals surface area (Å²) < 4.78 is 0. The molecule has 2 heterocycles. The van der Waals surface area contributed by atoms with Crippen LogP contribution in [0.2, 0.25) is 0 Å². The smallest absolute Gasteiger partial charge is 0.227 e. The Morgan fingerprint density at radius 3 is 2.94 bits per heavy atom. The maximum absolute atomic E-state index is 11.5. The number of rotatable bonds is 4. The Morgan fingerprint density at radius 1 is 1.44 bits per heavy atom. The molecule has 2 rings (SSSR count). The summed E-state index contributed by atoms with van der Waals surface area (Å²) in [6.45, 7) is 2.42. The predicted octanol–water partition coefficient (Wildman–Crippen LogP) is 1.77. The molecule has 4 nitrogen and oxygen atoms in total. The second-order valence-electron chi connectivity index (χ2n) is 3.26. The average molecular weight is 253 g/mol. The molecule has 0 aliphatic carbocycles. The van der Waals surface area contributed by atoms with Crippen LogP contribution in [0.4, 0.5) is 0 Å². The van der Waals surface area contributed by atoms with E-state index in [1.807, 2.05) is 17.7 Å². The van der Waals surface area contributed by atoms with Gasteiger partial charge in [-0.25, -0.2) is 9.97 Å². The first-order chi connectivity index (χ1) is 7.74. The molecule has 0 spiro atoms. The highest BCUT2D eigenvalue weighted by Crippen LogP contribution is 2.09. The van der Waals surface area contributed by atoms with Crippen molar-refractivity contribution >= 4 is 28.6 Å². The van der Waals surface area contributed by atoms with E-state index in [0.717, 1.165) is 15.7 Å². The largest absolute Gasteiger partial charge is 0.349 e. The van der Waals surface area contributed by atoms with Gasteiger partial charge >= 0.3 is 0 Å². The molecule has 1 amide bonds. The van der Waals surface area contributed by atoms with Gasteiger partial charge in [-0.2, -0.15) is 0 Å². The summed E-state index contributed by atoms with van der Waals surface area (Å²) >= 11 is 3.05. The first-order valence-corrected chi connectivity index (χ1v) is 6.56. The quantitative estimate of drug-likeness (QED) is 0.903. The van der Waals surface area contributed by atoms with Crippen molar-refractivity contribution in [1.29, 1.82) is 0 Å². The molecule has 6 heteroatoms. The van der Waals surface area contributed by atoms with Crippen molar-refractivity contribution < 1.29 is 4.79 Å². The van der Waals surface area contributed by atoms with Gasteiger partial charge in [-0.05, 0) is 6.92 Å². The fourth-order valence-electron chi connectivity index (χ4n) is 1.20. The van der Waals surface area contributed by atoms with Gasteiger partial charge in [0.1, 0.15) is 10.0 Å². The van der Waals surface area contributed by atoms with Crippen molar-refractivity contribution in [2.24, 2.45) is 0 Å². The molecule has 1 N–H and O–H groups in total. The molecule has 0 aromatic carbocycles. The molecule has 0 unspecified atom stereocenters. The Bertz CT molecular complexity index is 464. The van der Waals surface area contributed by atoms with E-state index >= 15 is 0 Å². The monoisotopic (exact) mass is 253 g/mol. The summed E-state index contributed by atoms with van der Waals surface area (Å²) in [5.74, 6) is -0.00968. The number of nitrogens with zero attached hydrogens (tertiary/aromatic N) is 2. The third-order valence-electron chi connectivity index (χ3n) is 1.90. The molecule has 2 aromatic rings. The van der Waals surface area contributed by atoms with Crippen molar-refractivity contribution in [2.45, 2.75) is 19.9 Å². The SMILES string of the molecule is Cc1csc(CC(=O)NCc2nccs2)n1. The molecule has 0 radical (unpaired) electrons. The van der Waals surface area contributed by atoms with Gasteiger partial charge in [-0.3, -0.25) is 4.79 Å². The van der Waals surface area contributed by atoms with E-state index in [2.05, 4.69) is 15.3 Å². The second-order valence-corrected chi connectivity index (χ2v) is 5.18. The van der Waals surface area contributed by atoms with Crippen molar-refractivity contribution in [3.8, 4) is 0 Å². The molecule has 84 valence electrons. The average Bonchev–Trinajstić information content (AvgIpc) is 2.87. The Balaban J connectivity index is 1.81. The normalized spacial score (nSPS) is 10.3. The third-order valence-corrected chi connectivity index (χ3v) is 3.64. The lowest BCUT2D eigenvalue weighted by molar-refractivity contribution is -0.120. The van der Waals surface area contributed by atoms with Crippen molar-refractivity contribution in [2.75, 3.05) is 0 Å². The summed E-state index contributed by atoms with van der Waals surface area (Å²) in [6, 6.07) is 0. The van der Waals surface area contributed by atoms with Gasteiger partial charge in [0.15, 0.2) is 0 Å². The number of hydrogen-bond donors (Lipinski definition) is 1. The lowest BCUT2D eigenvalue weighted by Crippen LogP contribution is -2.24. The topological polar surface area (TPSA) is 54.9 Å². The van der Waals surface area contributed by atoms with E-state index in [4.69, 9.17) is 0 Å². The van der Waals surface area contributed by atoms with Gasteiger partial charge in [0.2, 0.25) is 5.91 Å². The summed E-state index contributed by atoms with van der Waals surface area (Å²) in [5.41, 5.74) is 0.965. The Kier molecular flexibility index (Phi) is 3.63. The third kappa shape index (κ3) is 3.11. The molecule has 2 aromatic heterocycles. The number of amides is 1. The first-order valence-electron chi connectivity index (χ1n) is 4.80. The molecular weight excluding hydrogens is 242 g/mol. The van der Waals surface area contributed by atoms with Gasteiger partial charge in [0.05, 0.1) is 13.0 Å². The molecule has 0 atom stereocenters. The van der Waals surface area contributed by atoms with Gasteiger partial charge < -0.3 is 5.32 Å². The molecule has 0 fully saturated rings. The van der Waals surface area contributed by atoms with E-state index in [0.29, 0.717) is 13.0 Å². The van der Waals surface area contributed by atoms with Crippen LogP contribution in [0, 0.1) is 6.92 Å². The van der Waals surface area contributed by atoms with Crippen molar-refractivity contribution in [1.82, 2.24) is 15.3 Å². The number of aryl methyl sites for hydroxylation is 1. The van der Waals surface area contributed by atoms with Crippen LogP contribution in [0.1, 0.15) is 15.7 Å². The number of thiazole rings is 2. The molecule has 0 bridgehead atoms. The van der Waals surface area contributed by atoms with Crippen LogP contribution in [0.5, 0.6) is 0 Å². The number of nitrogens with one attached hydrogen (secondary N) is 1. The summed E-state index contributed by atoms with van der Waals surface area (Å²) in [7, 11) is 0. The lowest BCUT2D eigenvalue weighted by atomic mass is 10.4. The minimum Gasteiger partial charge on any atom is -0.349 e. The van der Waals surface area contributed by atoms with Gasteiger partial charge in [-0.15, -0.1) is 22.7 Å². The molecule has 0 saturated heterocycles. The van der Waals surface area contributed by atoms with E-state index in [9.17, 15) is 4.79 Å². The van der Waals surface area contributed by atoms with Crippen LogP contribution in [0.25, 0.3) is 0 Å². The van der Waals surface area contributed by atoms with Gasteiger partial charge in [-0.1, -0.05) is 0 Å². The van der Waals surface area contributed by atoms with E-state index in [-0.39, 0.29) is 5.91 Å². The molecule has 0 aliphatic rings. The zero-order valence-corrected chi connectivity index (χ0v) is 10.4. The molecule has 0 aliphatic heterocycles. The summed E-state index contributed by atoms with van der Waals surface area (Å²) in [5, 5.41) is 8.44. The van der Waals surface area contributed by atoms with Gasteiger partial charge in [0.25, 0.3) is 0 Å².